The van der Waals surface area contributed by atoms with Gasteiger partial charge in [-0.25, -0.2) is 0 Å². The molecule has 2 rings (SSSR count). The van der Waals surface area contributed by atoms with E-state index in [-0.39, 0.29) is 6.61 Å². The minimum absolute atomic E-state index is 0.268. The molecule has 2 aliphatic heterocycles. The van der Waals surface area contributed by atoms with Crippen LogP contribution in [-0.2, 0) is 4.79 Å². The molecule has 0 bridgehead atoms. The van der Waals surface area contributed by atoms with Gasteiger partial charge in [0, 0.05) is 25.7 Å². The van der Waals surface area contributed by atoms with Gasteiger partial charge in [-0.15, -0.1) is 0 Å². The van der Waals surface area contributed by atoms with Gasteiger partial charge >= 0.3 is 0 Å². The highest BCUT2D eigenvalue weighted by atomic mass is 16.3. The molecule has 0 aliphatic carbocycles. The molecule has 4 nitrogen and oxygen atoms in total. The molecular weight excluding hydrogens is 240 g/mol. The van der Waals surface area contributed by atoms with Crippen LogP contribution in [0.1, 0.15) is 51.4 Å². The lowest BCUT2D eigenvalue weighted by molar-refractivity contribution is -0.132. The Morgan fingerprint density at radius 3 is 2.47 bits per heavy atom. The predicted octanol–water partition coefficient (Wildman–Crippen LogP) is 1.63. The summed E-state index contributed by atoms with van der Waals surface area (Å²) in [5, 5.41) is 8.94. The predicted molar refractivity (Wildman–Crippen MR) is 76.0 cm³/mol. The van der Waals surface area contributed by atoms with Crippen molar-refractivity contribution in [3.05, 3.63) is 0 Å². The average molecular weight is 268 g/mol. The molecule has 4 heteroatoms. The highest BCUT2D eigenvalue weighted by Gasteiger charge is 2.27. The number of likely N-dealkylation sites (tertiary alicyclic amines) is 2. The molecule has 0 saturated carbocycles. The molecule has 110 valence electrons. The molecule has 1 atom stereocenters. The van der Waals surface area contributed by atoms with Crippen molar-refractivity contribution in [2.75, 3.05) is 32.8 Å². The third kappa shape index (κ3) is 4.46. The second-order valence-electron chi connectivity index (χ2n) is 5.93. The van der Waals surface area contributed by atoms with Crippen molar-refractivity contribution >= 4 is 5.91 Å². The van der Waals surface area contributed by atoms with E-state index >= 15 is 0 Å². The van der Waals surface area contributed by atoms with Crippen molar-refractivity contribution in [3.8, 4) is 0 Å². The Balaban J connectivity index is 1.79. The fourth-order valence-corrected chi connectivity index (χ4v) is 3.35. The van der Waals surface area contributed by atoms with Crippen LogP contribution in [0.2, 0.25) is 0 Å². The van der Waals surface area contributed by atoms with Gasteiger partial charge in [0.2, 0.25) is 5.91 Å². The van der Waals surface area contributed by atoms with E-state index in [1.54, 1.807) is 0 Å². The van der Waals surface area contributed by atoms with Gasteiger partial charge in [-0.05, 0) is 45.1 Å². The van der Waals surface area contributed by atoms with Gasteiger partial charge in [-0.1, -0.05) is 12.8 Å². The van der Waals surface area contributed by atoms with Crippen molar-refractivity contribution in [1.29, 1.82) is 0 Å². The summed E-state index contributed by atoms with van der Waals surface area (Å²) < 4.78 is 0. The Morgan fingerprint density at radius 1 is 1.05 bits per heavy atom. The first-order chi connectivity index (χ1) is 9.31. The standard InChI is InChI=1S/C15H28N2O2/c18-12-6-8-14-7-5-11-17(14)13-15(19)16-9-3-1-2-4-10-16/h14,18H,1-13H2. The number of rotatable bonds is 5. The molecule has 0 aromatic heterocycles. The maximum Gasteiger partial charge on any atom is 0.236 e. The van der Waals surface area contributed by atoms with E-state index in [1.807, 2.05) is 0 Å². The largest absolute Gasteiger partial charge is 0.396 e. The van der Waals surface area contributed by atoms with E-state index in [0.29, 0.717) is 18.5 Å². The summed E-state index contributed by atoms with van der Waals surface area (Å²) in [5.41, 5.74) is 0. The minimum Gasteiger partial charge on any atom is -0.396 e. The van der Waals surface area contributed by atoms with E-state index in [9.17, 15) is 4.79 Å². The van der Waals surface area contributed by atoms with Crippen LogP contribution in [-0.4, -0.2) is 59.6 Å². The molecule has 19 heavy (non-hydrogen) atoms. The topological polar surface area (TPSA) is 43.8 Å². The lowest BCUT2D eigenvalue weighted by Crippen LogP contribution is -2.42. The zero-order chi connectivity index (χ0) is 13.5. The number of amides is 1. The molecule has 2 fully saturated rings. The summed E-state index contributed by atoms with van der Waals surface area (Å²) in [5.74, 6) is 0.317. The number of carbonyl (C=O) groups excluding carboxylic acids is 1. The third-order valence-corrected chi connectivity index (χ3v) is 4.49. The maximum absolute atomic E-state index is 12.4. The molecule has 0 aromatic rings. The summed E-state index contributed by atoms with van der Waals surface area (Å²) in [4.78, 5) is 16.8. The number of carbonyl (C=O) groups is 1. The van der Waals surface area contributed by atoms with Gasteiger partial charge in [0.25, 0.3) is 0 Å². The molecule has 0 aromatic carbocycles. The number of aliphatic hydroxyl groups is 1. The number of hydrogen-bond donors (Lipinski definition) is 1. The quantitative estimate of drug-likeness (QED) is 0.824. The number of hydrogen-bond acceptors (Lipinski definition) is 3. The van der Waals surface area contributed by atoms with Gasteiger partial charge in [0.15, 0.2) is 0 Å². The van der Waals surface area contributed by atoms with Crippen molar-refractivity contribution in [2.24, 2.45) is 0 Å². The summed E-state index contributed by atoms with van der Waals surface area (Å²) >= 11 is 0. The van der Waals surface area contributed by atoms with E-state index in [1.165, 1.54) is 38.5 Å². The van der Waals surface area contributed by atoms with Gasteiger partial charge in [-0.2, -0.15) is 0 Å². The van der Waals surface area contributed by atoms with Crippen LogP contribution in [0.5, 0.6) is 0 Å². The van der Waals surface area contributed by atoms with Crippen LogP contribution in [0.4, 0.5) is 0 Å². The molecule has 0 spiro atoms. The number of nitrogens with zero attached hydrogens (tertiary/aromatic N) is 2. The van der Waals surface area contributed by atoms with Crippen LogP contribution in [0.15, 0.2) is 0 Å². The first kappa shape index (κ1) is 14.8. The van der Waals surface area contributed by atoms with Crippen molar-refractivity contribution in [1.82, 2.24) is 9.80 Å². The average Bonchev–Trinajstić information content (AvgIpc) is 2.67. The first-order valence-electron chi connectivity index (χ1n) is 7.94. The van der Waals surface area contributed by atoms with E-state index in [4.69, 9.17) is 5.11 Å². The van der Waals surface area contributed by atoms with Crippen molar-refractivity contribution < 1.29 is 9.90 Å². The second kappa shape index (κ2) is 7.85. The van der Waals surface area contributed by atoms with E-state index in [2.05, 4.69) is 9.80 Å². The zero-order valence-corrected chi connectivity index (χ0v) is 12.0. The highest BCUT2D eigenvalue weighted by molar-refractivity contribution is 5.78. The Labute approximate surface area is 116 Å². The minimum atomic E-state index is 0.268. The van der Waals surface area contributed by atoms with Gasteiger partial charge < -0.3 is 10.0 Å². The van der Waals surface area contributed by atoms with Gasteiger partial charge in [-0.3, -0.25) is 9.69 Å². The Kier molecular flexibility index (Phi) is 6.11. The summed E-state index contributed by atoms with van der Waals surface area (Å²) in [6.45, 7) is 3.82. The van der Waals surface area contributed by atoms with Gasteiger partial charge in [0.05, 0.1) is 6.54 Å². The van der Waals surface area contributed by atoms with Crippen LogP contribution < -0.4 is 0 Å². The zero-order valence-electron chi connectivity index (χ0n) is 12.0. The summed E-state index contributed by atoms with van der Waals surface area (Å²) in [6, 6.07) is 0.517. The Hall–Kier alpha value is -0.610. The fraction of sp³-hybridized carbons (Fsp3) is 0.933. The van der Waals surface area contributed by atoms with Gasteiger partial charge in [0.1, 0.15) is 0 Å². The van der Waals surface area contributed by atoms with Crippen LogP contribution in [0.25, 0.3) is 0 Å². The molecule has 1 N–H and O–H groups in total. The van der Waals surface area contributed by atoms with E-state index < -0.39 is 0 Å². The molecule has 1 unspecified atom stereocenters. The monoisotopic (exact) mass is 268 g/mol. The molecular formula is C15H28N2O2. The smallest absolute Gasteiger partial charge is 0.236 e. The van der Waals surface area contributed by atoms with Crippen LogP contribution >= 0.6 is 0 Å². The molecule has 2 heterocycles. The third-order valence-electron chi connectivity index (χ3n) is 4.49. The second-order valence-corrected chi connectivity index (χ2v) is 5.93. The van der Waals surface area contributed by atoms with Crippen molar-refractivity contribution in [3.63, 3.8) is 0 Å². The summed E-state index contributed by atoms with van der Waals surface area (Å²) in [7, 11) is 0. The maximum atomic E-state index is 12.4. The highest BCUT2D eigenvalue weighted by Crippen LogP contribution is 2.21. The first-order valence-corrected chi connectivity index (χ1v) is 7.94. The lowest BCUT2D eigenvalue weighted by atomic mass is 10.1. The Bertz CT molecular complexity index is 275. The Morgan fingerprint density at radius 2 is 1.79 bits per heavy atom. The molecule has 1 amide bonds. The fourth-order valence-electron chi connectivity index (χ4n) is 3.35. The van der Waals surface area contributed by atoms with Crippen molar-refractivity contribution in [2.45, 2.75) is 57.4 Å². The molecule has 0 radical (unpaired) electrons. The van der Waals surface area contributed by atoms with Crippen LogP contribution in [0.3, 0.4) is 0 Å². The number of aliphatic hydroxyl groups excluding tert-OH is 1. The normalized spacial score (nSPS) is 25.5. The molecule has 2 saturated heterocycles. The SMILES string of the molecule is O=C(CN1CCCC1CCCO)N1CCCCCC1. The van der Waals surface area contributed by atoms with E-state index in [0.717, 1.165) is 32.5 Å². The molecule has 2 aliphatic rings. The lowest BCUT2D eigenvalue weighted by Gasteiger charge is -2.27. The van der Waals surface area contributed by atoms with Crippen LogP contribution in [0, 0.1) is 0 Å². The summed E-state index contributed by atoms with van der Waals surface area (Å²) in [6.07, 6.45) is 9.15.